The third-order valence-corrected chi connectivity index (χ3v) is 5.10. The molecule has 0 saturated heterocycles. The molecule has 5 heteroatoms. The zero-order valence-corrected chi connectivity index (χ0v) is 16.3. The van der Waals surface area contributed by atoms with Crippen LogP contribution in [0.25, 0.3) is 10.9 Å². The summed E-state index contributed by atoms with van der Waals surface area (Å²) < 4.78 is 0. The molecule has 0 unspecified atom stereocenters. The number of para-hydroxylation sites is 1. The van der Waals surface area contributed by atoms with Crippen LogP contribution in [0.5, 0.6) is 0 Å². The minimum atomic E-state index is -0.161. The third-order valence-electron chi connectivity index (χ3n) is 5.10. The van der Waals surface area contributed by atoms with Crippen LogP contribution in [-0.4, -0.2) is 35.8 Å². The van der Waals surface area contributed by atoms with E-state index in [9.17, 15) is 9.59 Å². The number of aryl methyl sites for hydroxylation is 1. The summed E-state index contributed by atoms with van der Waals surface area (Å²) in [5.41, 5.74) is 4.85. The number of carbonyl (C=O) groups excluding carboxylic acids is 2. The summed E-state index contributed by atoms with van der Waals surface area (Å²) in [5, 5.41) is 3.82. The molecule has 0 aliphatic heterocycles. The summed E-state index contributed by atoms with van der Waals surface area (Å²) in [6.07, 6.45) is 2.26. The number of fused-ring (bicyclic) bond motifs is 1. The molecule has 1 N–H and O–H groups in total. The number of amides is 2. The first-order valence-electron chi connectivity index (χ1n) is 9.47. The van der Waals surface area contributed by atoms with Gasteiger partial charge in [-0.3, -0.25) is 14.6 Å². The first-order valence-corrected chi connectivity index (χ1v) is 9.47. The Bertz CT molecular complexity index is 1070. The summed E-state index contributed by atoms with van der Waals surface area (Å²) in [5.74, 6) is 0.237. The number of aromatic nitrogens is 1. The normalized spacial score (nSPS) is 13.4. The number of nitrogens with zero attached hydrogens (tertiary/aromatic N) is 2. The van der Waals surface area contributed by atoms with E-state index in [2.05, 4.69) is 5.32 Å². The molecule has 0 spiro atoms. The number of anilines is 1. The summed E-state index contributed by atoms with van der Waals surface area (Å²) in [4.78, 5) is 31.4. The van der Waals surface area contributed by atoms with Crippen LogP contribution in [0.4, 0.5) is 5.69 Å². The lowest BCUT2D eigenvalue weighted by Gasteiger charge is -2.13. The molecule has 2 aromatic carbocycles. The lowest BCUT2D eigenvalue weighted by Crippen LogP contribution is -2.21. The number of benzene rings is 2. The number of hydrogen-bond acceptors (Lipinski definition) is 3. The predicted octanol–water partition coefficient (Wildman–Crippen LogP) is 4.37. The Morgan fingerprint density at radius 1 is 1.07 bits per heavy atom. The lowest BCUT2D eigenvalue weighted by atomic mass is 10.0. The highest BCUT2D eigenvalue weighted by Crippen LogP contribution is 2.40. The van der Waals surface area contributed by atoms with E-state index in [4.69, 9.17) is 4.98 Å². The van der Waals surface area contributed by atoms with E-state index in [0.717, 1.165) is 35.0 Å². The van der Waals surface area contributed by atoms with Gasteiger partial charge in [0.15, 0.2) is 0 Å². The highest BCUT2D eigenvalue weighted by molar-refractivity contribution is 6.13. The van der Waals surface area contributed by atoms with Gasteiger partial charge in [0, 0.05) is 42.3 Å². The Hall–Kier alpha value is -3.21. The second-order valence-corrected chi connectivity index (χ2v) is 7.57. The van der Waals surface area contributed by atoms with Crippen molar-refractivity contribution in [1.29, 1.82) is 0 Å². The minimum Gasteiger partial charge on any atom is -0.345 e. The molecule has 1 fully saturated rings. The van der Waals surface area contributed by atoms with E-state index in [-0.39, 0.29) is 11.8 Å². The summed E-state index contributed by atoms with van der Waals surface area (Å²) in [6, 6.07) is 14.8. The molecular weight excluding hydrogens is 350 g/mol. The van der Waals surface area contributed by atoms with Crippen molar-refractivity contribution >= 4 is 28.4 Å². The molecule has 142 valence electrons. The topological polar surface area (TPSA) is 62.3 Å². The maximum absolute atomic E-state index is 13.0. The molecule has 1 saturated carbocycles. The van der Waals surface area contributed by atoms with E-state index >= 15 is 0 Å². The van der Waals surface area contributed by atoms with Crippen molar-refractivity contribution in [1.82, 2.24) is 9.88 Å². The van der Waals surface area contributed by atoms with Crippen molar-refractivity contribution in [3.63, 3.8) is 0 Å². The second-order valence-electron chi connectivity index (χ2n) is 7.57. The smallest absolute Gasteiger partial charge is 0.256 e. The Morgan fingerprint density at radius 2 is 1.79 bits per heavy atom. The minimum absolute atomic E-state index is 0.0671. The molecule has 28 heavy (non-hydrogen) atoms. The van der Waals surface area contributed by atoms with Crippen LogP contribution in [0, 0.1) is 6.92 Å². The molecule has 0 radical (unpaired) electrons. The van der Waals surface area contributed by atoms with E-state index in [1.54, 1.807) is 38.4 Å². The van der Waals surface area contributed by atoms with Crippen molar-refractivity contribution in [3.05, 3.63) is 70.9 Å². The summed E-state index contributed by atoms with van der Waals surface area (Å²) in [7, 11) is 3.43. The van der Waals surface area contributed by atoms with E-state index in [1.807, 2.05) is 31.2 Å². The number of hydrogen-bond donors (Lipinski definition) is 1. The van der Waals surface area contributed by atoms with Gasteiger partial charge in [0.25, 0.3) is 11.8 Å². The molecule has 1 heterocycles. The average molecular weight is 373 g/mol. The van der Waals surface area contributed by atoms with Crippen LogP contribution in [0.2, 0.25) is 0 Å². The van der Waals surface area contributed by atoms with Crippen LogP contribution < -0.4 is 5.32 Å². The van der Waals surface area contributed by atoms with Crippen LogP contribution in [0.15, 0.2) is 48.5 Å². The standard InChI is InChI=1S/C23H23N3O2/c1-14-5-4-6-18-19(13-20(15-7-8-15)25-21(14)18)22(27)24-17-11-9-16(10-12-17)23(28)26(2)3/h4-6,9-13,15H,7-8H2,1-3H3,(H,24,27). The molecule has 5 nitrogen and oxygen atoms in total. The van der Waals surface area contributed by atoms with Gasteiger partial charge in [-0.05, 0) is 55.7 Å². The summed E-state index contributed by atoms with van der Waals surface area (Å²) >= 11 is 0. The number of pyridine rings is 1. The van der Waals surface area contributed by atoms with Crippen molar-refractivity contribution in [2.45, 2.75) is 25.7 Å². The maximum atomic E-state index is 13.0. The van der Waals surface area contributed by atoms with Crippen LogP contribution in [0.3, 0.4) is 0 Å². The number of nitrogens with one attached hydrogen (secondary N) is 1. The van der Waals surface area contributed by atoms with Gasteiger partial charge >= 0.3 is 0 Å². The molecule has 3 aromatic rings. The zero-order chi connectivity index (χ0) is 19.8. The zero-order valence-electron chi connectivity index (χ0n) is 16.3. The second kappa shape index (κ2) is 7.08. The van der Waals surface area contributed by atoms with Gasteiger partial charge in [0.1, 0.15) is 0 Å². The van der Waals surface area contributed by atoms with Gasteiger partial charge in [-0.1, -0.05) is 18.2 Å². The maximum Gasteiger partial charge on any atom is 0.256 e. The molecule has 1 aliphatic rings. The van der Waals surface area contributed by atoms with Crippen molar-refractivity contribution < 1.29 is 9.59 Å². The van der Waals surface area contributed by atoms with Crippen LogP contribution in [-0.2, 0) is 0 Å². The highest BCUT2D eigenvalue weighted by Gasteiger charge is 2.27. The quantitative estimate of drug-likeness (QED) is 0.738. The molecule has 1 aliphatic carbocycles. The van der Waals surface area contributed by atoms with Gasteiger partial charge < -0.3 is 10.2 Å². The molecule has 4 rings (SSSR count). The third kappa shape index (κ3) is 3.48. The van der Waals surface area contributed by atoms with E-state index in [0.29, 0.717) is 22.7 Å². The van der Waals surface area contributed by atoms with E-state index in [1.165, 1.54) is 4.90 Å². The average Bonchev–Trinajstić information content (AvgIpc) is 3.53. The van der Waals surface area contributed by atoms with Crippen LogP contribution in [0.1, 0.15) is 50.7 Å². The number of rotatable bonds is 4. The predicted molar refractivity (Wildman–Crippen MR) is 111 cm³/mol. The fraction of sp³-hybridized carbons (Fsp3) is 0.261. The van der Waals surface area contributed by atoms with Crippen molar-refractivity contribution in [3.8, 4) is 0 Å². The van der Waals surface area contributed by atoms with Gasteiger partial charge in [-0.2, -0.15) is 0 Å². The van der Waals surface area contributed by atoms with Gasteiger partial charge in [0.2, 0.25) is 0 Å². The fourth-order valence-corrected chi connectivity index (χ4v) is 3.34. The van der Waals surface area contributed by atoms with Crippen molar-refractivity contribution in [2.75, 3.05) is 19.4 Å². The Balaban J connectivity index is 1.65. The molecule has 0 bridgehead atoms. The SMILES string of the molecule is Cc1cccc2c(C(=O)Nc3ccc(C(=O)N(C)C)cc3)cc(C3CC3)nc12. The lowest BCUT2D eigenvalue weighted by molar-refractivity contribution is 0.0827. The molecular formula is C23H23N3O2. The molecule has 1 aromatic heterocycles. The first kappa shape index (κ1) is 18.2. The van der Waals surface area contributed by atoms with Crippen molar-refractivity contribution in [2.24, 2.45) is 0 Å². The Kier molecular flexibility index (Phi) is 4.59. The summed E-state index contributed by atoms with van der Waals surface area (Å²) in [6.45, 7) is 2.02. The molecule has 2 amide bonds. The van der Waals surface area contributed by atoms with Gasteiger partial charge in [-0.25, -0.2) is 0 Å². The first-order chi connectivity index (χ1) is 13.4. The fourth-order valence-electron chi connectivity index (χ4n) is 3.34. The number of carbonyl (C=O) groups is 2. The Labute approximate surface area is 164 Å². The monoisotopic (exact) mass is 373 g/mol. The van der Waals surface area contributed by atoms with E-state index < -0.39 is 0 Å². The Morgan fingerprint density at radius 3 is 2.43 bits per heavy atom. The van der Waals surface area contributed by atoms with Crippen LogP contribution >= 0.6 is 0 Å². The van der Waals surface area contributed by atoms with Gasteiger partial charge in [0.05, 0.1) is 11.1 Å². The van der Waals surface area contributed by atoms with Gasteiger partial charge in [-0.15, -0.1) is 0 Å². The largest absolute Gasteiger partial charge is 0.345 e. The molecule has 0 atom stereocenters. The highest BCUT2D eigenvalue weighted by atomic mass is 16.2.